The van der Waals surface area contributed by atoms with E-state index in [1.807, 2.05) is 25.8 Å². The number of carbonyl (C=O) groups excluding carboxylic acids is 1. The summed E-state index contributed by atoms with van der Waals surface area (Å²) >= 11 is 0. The van der Waals surface area contributed by atoms with E-state index in [0.29, 0.717) is 0 Å². The maximum absolute atomic E-state index is 11.6. The minimum absolute atomic E-state index is 0.103. The summed E-state index contributed by atoms with van der Waals surface area (Å²) in [6.45, 7) is 11.2. The van der Waals surface area contributed by atoms with Gasteiger partial charge in [-0.15, -0.1) is 0 Å². The quantitative estimate of drug-likeness (QED) is 0.630. The van der Waals surface area contributed by atoms with Crippen LogP contribution in [0.5, 0.6) is 0 Å². The predicted octanol–water partition coefficient (Wildman–Crippen LogP) is 2.52. The molecule has 102 valence electrons. The fourth-order valence-electron chi connectivity index (χ4n) is 1.73. The number of nitrogens with zero attached hydrogens (tertiary/aromatic N) is 1. The maximum atomic E-state index is 11.6. The zero-order chi connectivity index (χ0) is 13.3. The van der Waals surface area contributed by atoms with Crippen molar-refractivity contribution in [1.29, 1.82) is 0 Å². The van der Waals surface area contributed by atoms with Crippen LogP contribution in [0.25, 0.3) is 0 Å². The minimum atomic E-state index is 0.103. The van der Waals surface area contributed by atoms with E-state index in [2.05, 4.69) is 19.2 Å². The lowest BCUT2D eigenvalue weighted by Gasteiger charge is -2.19. The molecule has 0 saturated heterocycles. The first kappa shape index (κ1) is 16.4. The molecule has 0 radical (unpaired) electrons. The van der Waals surface area contributed by atoms with Crippen LogP contribution >= 0.6 is 0 Å². The molecule has 1 N–H and O–H groups in total. The molecule has 1 amide bonds. The molecule has 0 aliphatic heterocycles. The van der Waals surface area contributed by atoms with Gasteiger partial charge in [-0.3, -0.25) is 4.79 Å². The second kappa shape index (κ2) is 9.46. The Morgan fingerprint density at radius 1 is 1.12 bits per heavy atom. The van der Waals surface area contributed by atoms with Crippen LogP contribution in [0.4, 0.5) is 0 Å². The first-order valence-corrected chi connectivity index (χ1v) is 6.90. The van der Waals surface area contributed by atoms with Gasteiger partial charge >= 0.3 is 0 Å². The summed E-state index contributed by atoms with van der Waals surface area (Å²) in [5, 5.41) is 3.39. The van der Waals surface area contributed by atoms with Crippen molar-refractivity contribution in [2.45, 2.75) is 47.0 Å². The average molecular weight is 242 g/mol. The molecule has 17 heavy (non-hydrogen) atoms. The smallest absolute Gasteiger partial charge is 0.224 e. The number of unbranched alkanes of at least 4 members (excludes halogenated alkanes) is 1. The largest absolute Gasteiger partial charge is 0.344 e. The SMILES string of the molecule is CC(C)CCCCNCCN(C)C(=O)C(C)C. The van der Waals surface area contributed by atoms with Gasteiger partial charge in [0.2, 0.25) is 5.91 Å². The zero-order valence-electron chi connectivity index (χ0n) is 12.3. The van der Waals surface area contributed by atoms with Crippen molar-refractivity contribution in [2.24, 2.45) is 11.8 Å². The Kier molecular flexibility index (Phi) is 9.14. The third kappa shape index (κ3) is 9.16. The number of amides is 1. The molecule has 0 aliphatic carbocycles. The lowest BCUT2D eigenvalue weighted by molar-refractivity contribution is -0.133. The minimum Gasteiger partial charge on any atom is -0.344 e. The third-order valence-electron chi connectivity index (χ3n) is 2.88. The van der Waals surface area contributed by atoms with Crippen LogP contribution in [0, 0.1) is 11.8 Å². The molecule has 0 fully saturated rings. The van der Waals surface area contributed by atoms with E-state index in [0.717, 1.165) is 25.6 Å². The number of rotatable bonds is 9. The second-order valence-corrected chi connectivity index (χ2v) is 5.55. The number of nitrogens with one attached hydrogen (secondary N) is 1. The van der Waals surface area contributed by atoms with Crippen LogP contribution in [-0.4, -0.2) is 37.5 Å². The Balaban J connectivity index is 3.36. The van der Waals surface area contributed by atoms with Crippen LogP contribution in [0.3, 0.4) is 0 Å². The topological polar surface area (TPSA) is 32.3 Å². The number of hydrogen-bond donors (Lipinski definition) is 1. The lowest BCUT2D eigenvalue weighted by Crippen LogP contribution is -2.36. The Hall–Kier alpha value is -0.570. The molecule has 0 aromatic carbocycles. The Morgan fingerprint density at radius 3 is 2.29 bits per heavy atom. The molecule has 0 aromatic rings. The summed E-state index contributed by atoms with van der Waals surface area (Å²) in [4.78, 5) is 13.4. The third-order valence-corrected chi connectivity index (χ3v) is 2.88. The van der Waals surface area contributed by atoms with E-state index in [9.17, 15) is 4.79 Å². The molecular weight excluding hydrogens is 212 g/mol. The maximum Gasteiger partial charge on any atom is 0.224 e. The monoisotopic (exact) mass is 242 g/mol. The first-order valence-electron chi connectivity index (χ1n) is 6.90. The summed E-state index contributed by atoms with van der Waals surface area (Å²) in [6, 6.07) is 0. The van der Waals surface area contributed by atoms with Crippen molar-refractivity contribution in [3.8, 4) is 0 Å². The molecule has 0 unspecified atom stereocenters. The fourth-order valence-corrected chi connectivity index (χ4v) is 1.73. The molecule has 0 aliphatic rings. The van der Waals surface area contributed by atoms with Crippen molar-refractivity contribution in [1.82, 2.24) is 10.2 Å². The molecule has 0 bridgehead atoms. The van der Waals surface area contributed by atoms with Crippen LogP contribution < -0.4 is 5.32 Å². The van der Waals surface area contributed by atoms with Crippen molar-refractivity contribution in [3.05, 3.63) is 0 Å². The van der Waals surface area contributed by atoms with E-state index in [4.69, 9.17) is 0 Å². The molecular formula is C14H30N2O. The van der Waals surface area contributed by atoms with E-state index in [1.54, 1.807) is 0 Å². The average Bonchev–Trinajstić information content (AvgIpc) is 2.25. The molecule has 0 saturated carbocycles. The van der Waals surface area contributed by atoms with Crippen LogP contribution in [0.1, 0.15) is 47.0 Å². The molecule has 0 spiro atoms. The molecule has 0 aromatic heterocycles. The fraction of sp³-hybridized carbons (Fsp3) is 0.929. The van der Waals surface area contributed by atoms with E-state index >= 15 is 0 Å². The van der Waals surface area contributed by atoms with Crippen LogP contribution in [-0.2, 0) is 4.79 Å². The Labute approximate surface area is 107 Å². The van der Waals surface area contributed by atoms with Crippen LogP contribution in [0.2, 0.25) is 0 Å². The summed E-state index contributed by atoms with van der Waals surface area (Å²) in [6.07, 6.45) is 3.85. The van der Waals surface area contributed by atoms with Gasteiger partial charge < -0.3 is 10.2 Å². The molecule has 3 heteroatoms. The summed E-state index contributed by atoms with van der Waals surface area (Å²) in [5.41, 5.74) is 0. The van der Waals surface area contributed by atoms with E-state index in [1.165, 1.54) is 19.3 Å². The van der Waals surface area contributed by atoms with E-state index < -0.39 is 0 Å². The van der Waals surface area contributed by atoms with Crippen molar-refractivity contribution >= 4 is 5.91 Å². The van der Waals surface area contributed by atoms with Gasteiger partial charge in [0, 0.05) is 26.1 Å². The van der Waals surface area contributed by atoms with Crippen molar-refractivity contribution in [3.63, 3.8) is 0 Å². The van der Waals surface area contributed by atoms with Crippen molar-refractivity contribution < 1.29 is 4.79 Å². The van der Waals surface area contributed by atoms with Crippen molar-refractivity contribution in [2.75, 3.05) is 26.7 Å². The Bertz CT molecular complexity index is 202. The highest BCUT2D eigenvalue weighted by Crippen LogP contribution is 2.05. The van der Waals surface area contributed by atoms with Gasteiger partial charge in [-0.2, -0.15) is 0 Å². The van der Waals surface area contributed by atoms with Gasteiger partial charge in [-0.05, 0) is 18.9 Å². The van der Waals surface area contributed by atoms with E-state index in [-0.39, 0.29) is 11.8 Å². The number of carbonyl (C=O) groups is 1. The van der Waals surface area contributed by atoms with Gasteiger partial charge in [0.25, 0.3) is 0 Å². The lowest BCUT2D eigenvalue weighted by atomic mass is 10.1. The molecule has 0 atom stereocenters. The van der Waals surface area contributed by atoms with Gasteiger partial charge in [-0.1, -0.05) is 40.5 Å². The summed E-state index contributed by atoms with van der Waals surface area (Å²) in [5.74, 6) is 1.14. The predicted molar refractivity (Wildman–Crippen MR) is 74.0 cm³/mol. The molecule has 0 rings (SSSR count). The zero-order valence-corrected chi connectivity index (χ0v) is 12.3. The first-order chi connectivity index (χ1) is 7.95. The standard InChI is InChI=1S/C14H30N2O/c1-12(2)8-6-7-9-15-10-11-16(5)14(17)13(3)4/h12-13,15H,6-11H2,1-5H3. The van der Waals surface area contributed by atoms with Gasteiger partial charge in [0.1, 0.15) is 0 Å². The summed E-state index contributed by atoms with van der Waals surface area (Å²) < 4.78 is 0. The number of likely N-dealkylation sites (N-methyl/N-ethyl adjacent to an activating group) is 1. The van der Waals surface area contributed by atoms with Crippen LogP contribution in [0.15, 0.2) is 0 Å². The normalized spacial score (nSPS) is 11.2. The highest BCUT2D eigenvalue weighted by Gasteiger charge is 2.11. The number of hydrogen-bond acceptors (Lipinski definition) is 2. The Morgan fingerprint density at radius 2 is 1.76 bits per heavy atom. The highest BCUT2D eigenvalue weighted by atomic mass is 16.2. The van der Waals surface area contributed by atoms with Gasteiger partial charge in [-0.25, -0.2) is 0 Å². The van der Waals surface area contributed by atoms with Gasteiger partial charge in [0.05, 0.1) is 0 Å². The highest BCUT2D eigenvalue weighted by molar-refractivity contribution is 5.77. The van der Waals surface area contributed by atoms with Gasteiger partial charge in [0.15, 0.2) is 0 Å². The molecule has 0 heterocycles. The molecule has 3 nitrogen and oxygen atoms in total. The summed E-state index contributed by atoms with van der Waals surface area (Å²) in [7, 11) is 1.88. The second-order valence-electron chi connectivity index (χ2n) is 5.55.